The predicted molar refractivity (Wildman–Crippen MR) is 109 cm³/mol. The summed E-state index contributed by atoms with van der Waals surface area (Å²) in [6, 6.07) is 9.53. The average molecular weight is 421 g/mol. The van der Waals surface area contributed by atoms with Crippen LogP contribution in [-0.4, -0.2) is 40.5 Å². The number of hydrogen-bond donors (Lipinski definition) is 3. The smallest absolute Gasteiger partial charge is 0.242 e. The number of methoxy groups -OCH3 is 2. The van der Waals surface area contributed by atoms with Crippen molar-refractivity contribution in [1.82, 2.24) is 4.72 Å². The van der Waals surface area contributed by atoms with Gasteiger partial charge in [-0.15, -0.1) is 0 Å². The number of carbonyl (C=O) groups excluding carboxylic acids is 2. The summed E-state index contributed by atoms with van der Waals surface area (Å²) in [5.74, 6) is -0.104. The highest BCUT2D eigenvalue weighted by atomic mass is 32.2. The van der Waals surface area contributed by atoms with Gasteiger partial charge in [-0.2, -0.15) is 4.72 Å². The third-order valence-electron chi connectivity index (χ3n) is 3.86. The molecule has 0 heterocycles. The fourth-order valence-corrected chi connectivity index (χ4v) is 3.65. The van der Waals surface area contributed by atoms with E-state index in [-0.39, 0.29) is 16.6 Å². The summed E-state index contributed by atoms with van der Waals surface area (Å²) in [4.78, 5) is 23.3. The van der Waals surface area contributed by atoms with E-state index in [9.17, 15) is 18.0 Å². The van der Waals surface area contributed by atoms with Crippen LogP contribution in [0.25, 0.3) is 0 Å². The SMILES string of the molecule is COc1ccc(S(=O)(=O)N[C@H](C)C(=O)Nc2ccc(NC(C)=O)cc2)cc1OC. The van der Waals surface area contributed by atoms with Gasteiger partial charge in [-0.3, -0.25) is 9.59 Å². The van der Waals surface area contributed by atoms with E-state index in [1.165, 1.54) is 46.3 Å². The number of amides is 2. The van der Waals surface area contributed by atoms with Gasteiger partial charge in [0.1, 0.15) is 0 Å². The predicted octanol–water partition coefficient (Wildman–Crippen LogP) is 1.97. The van der Waals surface area contributed by atoms with Crippen molar-refractivity contribution < 1.29 is 27.5 Å². The molecule has 1 atom stereocenters. The number of nitrogens with one attached hydrogen (secondary N) is 3. The maximum atomic E-state index is 12.6. The normalized spacial score (nSPS) is 12.0. The standard InChI is InChI=1S/C19H23N3O6S/c1-12(19(24)21-15-7-5-14(6-8-15)20-13(2)23)22-29(25,26)16-9-10-17(27-3)18(11-16)28-4/h5-12,22H,1-4H3,(H,20,23)(H,21,24)/t12-/m1/s1. The Balaban J connectivity index is 2.07. The molecule has 2 aromatic rings. The van der Waals surface area contributed by atoms with E-state index in [2.05, 4.69) is 15.4 Å². The van der Waals surface area contributed by atoms with Gasteiger partial charge in [-0.25, -0.2) is 8.42 Å². The largest absolute Gasteiger partial charge is 0.493 e. The summed E-state index contributed by atoms with van der Waals surface area (Å²) in [5.41, 5.74) is 1.04. The van der Waals surface area contributed by atoms with E-state index in [1.807, 2.05) is 0 Å². The molecule has 2 amide bonds. The zero-order valence-electron chi connectivity index (χ0n) is 16.5. The Morgan fingerprint density at radius 1 is 0.897 bits per heavy atom. The molecule has 0 saturated heterocycles. The molecule has 0 fully saturated rings. The summed E-state index contributed by atoms with van der Waals surface area (Å²) >= 11 is 0. The number of hydrogen-bond acceptors (Lipinski definition) is 6. The lowest BCUT2D eigenvalue weighted by atomic mass is 10.2. The molecule has 10 heteroatoms. The summed E-state index contributed by atoms with van der Waals surface area (Å²) in [5, 5.41) is 5.23. The van der Waals surface area contributed by atoms with Crippen molar-refractivity contribution in [2.45, 2.75) is 24.8 Å². The van der Waals surface area contributed by atoms with Gasteiger partial charge in [0.05, 0.1) is 25.2 Å². The highest BCUT2D eigenvalue weighted by Crippen LogP contribution is 2.29. The first-order chi connectivity index (χ1) is 13.7. The molecule has 0 aliphatic rings. The van der Waals surface area contributed by atoms with Crippen molar-refractivity contribution >= 4 is 33.2 Å². The number of rotatable bonds is 8. The van der Waals surface area contributed by atoms with Crippen molar-refractivity contribution in [1.29, 1.82) is 0 Å². The van der Waals surface area contributed by atoms with Gasteiger partial charge in [0.25, 0.3) is 0 Å². The Hall–Kier alpha value is -3.11. The highest BCUT2D eigenvalue weighted by Gasteiger charge is 2.23. The van der Waals surface area contributed by atoms with Crippen LogP contribution in [0.4, 0.5) is 11.4 Å². The second-order valence-electron chi connectivity index (χ2n) is 6.11. The highest BCUT2D eigenvalue weighted by molar-refractivity contribution is 7.89. The first-order valence-electron chi connectivity index (χ1n) is 8.59. The Bertz CT molecular complexity index is 990. The van der Waals surface area contributed by atoms with Crippen LogP contribution in [0.2, 0.25) is 0 Å². The monoisotopic (exact) mass is 421 g/mol. The van der Waals surface area contributed by atoms with Crippen LogP contribution in [0.15, 0.2) is 47.4 Å². The van der Waals surface area contributed by atoms with Gasteiger partial charge in [0, 0.05) is 24.4 Å². The third-order valence-corrected chi connectivity index (χ3v) is 5.40. The molecule has 156 valence electrons. The van der Waals surface area contributed by atoms with Gasteiger partial charge in [-0.1, -0.05) is 0 Å². The molecule has 0 unspecified atom stereocenters. The molecule has 2 rings (SSSR count). The number of sulfonamides is 1. The Kier molecular flexibility index (Phi) is 7.18. The zero-order chi connectivity index (χ0) is 21.6. The lowest BCUT2D eigenvalue weighted by molar-refractivity contribution is -0.117. The van der Waals surface area contributed by atoms with Crippen LogP contribution in [0.5, 0.6) is 11.5 Å². The maximum Gasteiger partial charge on any atom is 0.242 e. The van der Waals surface area contributed by atoms with Crippen LogP contribution in [0.1, 0.15) is 13.8 Å². The quantitative estimate of drug-likeness (QED) is 0.599. The molecule has 0 saturated carbocycles. The van der Waals surface area contributed by atoms with Crippen LogP contribution < -0.4 is 24.8 Å². The minimum Gasteiger partial charge on any atom is -0.493 e. The second kappa shape index (κ2) is 9.39. The molecular weight excluding hydrogens is 398 g/mol. The van der Waals surface area contributed by atoms with E-state index in [0.717, 1.165) is 0 Å². The maximum absolute atomic E-state index is 12.6. The van der Waals surface area contributed by atoms with Crippen LogP contribution >= 0.6 is 0 Å². The van der Waals surface area contributed by atoms with Crippen LogP contribution in [-0.2, 0) is 19.6 Å². The Labute approximate surface area is 169 Å². The van der Waals surface area contributed by atoms with Crippen molar-refractivity contribution in [2.75, 3.05) is 24.9 Å². The summed E-state index contributed by atoms with van der Waals surface area (Å²) in [6.45, 7) is 2.82. The van der Waals surface area contributed by atoms with E-state index in [1.54, 1.807) is 24.3 Å². The lowest BCUT2D eigenvalue weighted by Gasteiger charge is -2.16. The summed E-state index contributed by atoms with van der Waals surface area (Å²) in [6.07, 6.45) is 0. The topological polar surface area (TPSA) is 123 Å². The molecule has 0 bridgehead atoms. The van der Waals surface area contributed by atoms with Crippen molar-refractivity contribution in [3.8, 4) is 11.5 Å². The van der Waals surface area contributed by atoms with E-state index in [4.69, 9.17) is 9.47 Å². The number of anilines is 2. The van der Waals surface area contributed by atoms with Crippen LogP contribution in [0.3, 0.4) is 0 Å². The second-order valence-corrected chi connectivity index (χ2v) is 7.82. The van der Waals surface area contributed by atoms with E-state index in [0.29, 0.717) is 17.1 Å². The molecular formula is C19H23N3O6S. The summed E-state index contributed by atoms with van der Waals surface area (Å²) < 4.78 is 37.7. The molecule has 9 nitrogen and oxygen atoms in total. The summed E-state index contributed by atoms with van der Waals surface area (Å²) in [7, 11) is -1.13. The number of benzene rings is 2. The van der Waals surface area contributed by atoms with Gasteiger partial charge in [0.15, 0.2) is 11.5 Å². The van der Waals surface area contributed by atoms with Crippen molar-refractivity contribution in [2.24, 2.45) is 0 Å². The average Bonchev–Trinajstić information content (AvgIpc) is 2.68. The molecule has 0 spiro atoms. The zero-order valence-corrected chi connectivity index (χ0v) is 17.3. The van der Waals surface area contributed by atoms with Gasteiger partial charge in [-0.05, 0) is 43.3 Å². The fraction of sp³-hybridized carbons (Fsp3) is 0.263. The minimum absolute atomic E-state index is 0.0607. The van der Waals surface area contributed by atoms with E-state index < -0.39 is 22.0 Å². The molecule has 3 N–H and O–H groups in total. The molecule has 2 aromatic carbocycles. The molecule has 0 radical (unpaired) electrons. The number of ether oxygens (including phenoxy) is 2. The van der Waals surface area contributed by atoms with E-state index >= 15 is 0 Å². The lowest BCUT2D eigenvalue weighted by Crippen LogP contribution is -2.41. The molecule has 29 heavy (non-hydrogen) atoms. The molecule has 0 aliphatic heterocycles. The van der Waals surface area contributed by atoms with Gasteiger partial charge >= 0.3 is 0 Å². The fourth-order valence-electron chi connectivity index (χ4n) is 2.43. The minimum atomic E-state index is -3.97. The van der Waals surface area contributed by atoms with Gasteiger partial charge in [0.2, 0.25) is 21.8 Å². The van der Waals surface area contributed by atoms with Crippen molar-refractivity contribution in [3.05, 3.63) is 42.5 Å². The van der Waals surface area contributed by atoms with Gasteiger partial charge < -0.3 is 20.1 Å². The molecule has 0 aliphatic carbocycles. The Morgan fingerprint density at radius 3 is 1.97 bits per heavy atom. The Morgan fingerprint density at radius 2 is 1.45 bits per heavy atom. The van der Waals surface area contributed by atoms with Crippen molar-refractivity contribution in [3.63, 3.8) is 0 Å². The first kappa shape index (κ1) is 22.2. The first-order valence-corrected chi connectivity index (χ1v) is 10.1. The molecule has 0 aromatic heterocycles. The van der Waals surface area contributed by atoms with Crippen LogP contribution in [0, 0.1) is 0 Å². The number of carbonyl (C=O) groups is 2. The third kappa shape index (κ3) is 5.93.